The molecule has 1 atom stereocenters. The number of nitrogens with zero attached hydrogens (tertiary/aromatic N) is 2. The van der Waals surface area contributed by atoms with E-state index in [4.69, 9.17) is 15.3 Å². The maximum Gasteiger partial charge on any atom is 0.309 e. The van der Waals surface area contributed by atoms with Gasteiger partial charge in [0.25, 0.3) is 0 Å². The Morgan fingerprint density at radius 3 is 2.06 bits per heavy atom. The predicted molar refractivity (Wildman–Crippen MR) is 63.6 cm³/mol. The van der Waals surface area contributed by atoms with Crippen LogP contribution in [0.5, 0.6) is 0 Å². The Morgan fingerprint density at radius 1 is 1.29 bits per heavy atom. The van der Waals surface area contributed by atoms with E-state index in [9.17, 15) is 4.79 Å². The summed E-state index contributed by atoms with van der Waals surface area (Å²) in [6.45, 7) is 8.97. The second kappa shape index (κ2) is 5.68. The number of hydrogen-bond acceptors (Lipinski definition) is 4. The van der Waals surface area contributed by atoms with Crippen LogP contribution in [0.3, 0.4) is 0 Å². The fourth-order valence-electron chi connectivity index (χ4n) is 1.45. The zero-order chi connectivity index (χ0) is 13.7. The summed E-state index contributed by atoms with van der Waals surface area (Å²) < 4.78 is 5.15. The number of carbonyl (C=O) groups is 1. The predicted octanol–water partition coefficient (Wildman–Crippen LogP) is 2.80. The Balaban J connectivity index is 4.88. The van der Waals surface area contributed by atoms with Gasteiger partial charge in [-0.3, -0.25) is 4.79 Å². The van der Waals surface area contributed by atoms with E-state index in [1.54, 1.807) is 27.7 Å². The third-order valence-electron chi connectivity index (χ3n) is 2.70. The van der Waals surface area contributed by atoms with Gasteiger partial charge in [0.15, 0.2) is 5.41 Å². The van der Waals surface area contributed by atoms with E-state index in [2.05, 4.69) is 0 Å². The van der Waals surface area contributed by atoms with Crippen molar-refractivity contribution in [2.45, 2.75) is 53.1 Å². The number of hydrogen-bond donors (Lipinski definition) is 0. The van der Waals surface area contributed by atoms with Crippen molar-refractivity contribution in [1.29, 1.82) is 10.5 Å². The highest BCUT2D eigenvalue weighted by Gasteiger charge is 2.39. The van der Waals surface area contributed by atoms with Crippen molar-refractivity contribution in [2.24, 2.45) is 11.3 Å². The standard InChI is InChI=1S/C13H20N2O2/c1-6-10(2)13(8-14,9-15)7-11(16)17-12(3,4)5/h10H,6-7H2,1-5H3. The first-order valence-corrected chi connectivity index (χ1v) is 5.75. The number of rotatable bonds is 4. The first-order valence-electron chi connectivity index (χ1n) is 5.75. The average molecular weight is 236 g/mol. The van der Waals surface area contributed by atoms with Crippen molar-refractivity contribution >= 4 is 5.97 Å². The molecule has 0 rings (SSSR count). The number of ether oxygens (including phenoxy) is 1. The van der Waals surface area contributed by atoms with E-state index in [1.807, 2.05) is 19.1 Å². The molecular formula is C13H20N2O2. The minimum absolute atomic E-state index is 0.162. The van der Waals surface area contributed by atoms with Crippen LogP contribution in [-0.4, -0.2) is 11.6 Å². The maximum absolute atomic E-state index is 11.7. The highest BCUT2D eigenvalue weighted by Crippen LogP contribution is 2.33. The van der Waals surface area contributed by atoms with Crippen LogP contribution < -0.4 is 0 Å². The van der Waals surface area contributed by atoms with Crippen LogP contribution in [0.25, 0.3) is 0 Å². The molecule has 0 aromatic carbocycles. The molecule has 0 aliphatic carbocycles. The largest absolute Gasteiger partial charge is 0.460 e. The first kappa shape index (κ1) is 15.4. The molecule has 17 heavy (non-hydrogen) atoms. The van der Waals surface area contributed by atoms with Gasteiger partial charge in [0.05, 0.1) is 18.6 Å². The van der Waals surface area contributed by atoms with Gasteiger partial charge in [-0.2, -0.15) is 10.5 Å². The SMILES string of the molecule is CCC(C)C(C#N)(C#N)CC(=O)OC(C)(C)C. The molecule has 0 bridgehead atoms. The van der Waals surface area contributed by atoms with Gasteiger partial charge in [-0.25, -0.2) is 0 Å². The molecule has 0 amide bonds. The number of nitriles is 2. The molecule has 0 heterocycles. The van der Waals surface area contributed by atoms with Crippen molar-refractivity contribution in [3.63, 3.8) is 0 Å². The first-order chi connectivity index (χ1) is 7.70. The Morgan fingerprint density at radius 2 is 1.76 bits per heavy atom. The molecular weight excluding hydrogens is 216 g/mol. The summed E-state index contributed by atoms with van der Waals surface area (Å²) in [7, 11) is 0. The zero-order valence-corrected chi connectivity index (χ0v) is 11.2. The van der Waals surface area contributed by atoms with Crippen LogP contribution in [-0.2, 0) is 9.53 Å². The fourth-order valence-corrected chi connectivity index (χ4v) is 1.45. The molecule has 1 unspecified atom stereocenters. The van der Waals surface area contributed by atoms with Crippen LogP contribution in [0.15, 0.2) is 0 Å². The fraction of sp³-hybridized carbons (Fsp3) is 0.769. The molecule has 4 nitrogen and oxygen atoms in total. The van der Waals surface area contributed by atoms with Gasteiger partial charge in [0, 0.05) is 0 Å². The van der Waals surface area contributed by atoms with Gasteiger partial charge in [0.1, 0.15) is 5.60 Å². The lowest BCUT2D eigenvalue weighted by Gasteiger charge is -2.26. The topological polar surface area (TPSA) is 73.9 Å². The molecule has 0 spiro atoms. The number of carbonyl (C=O) groups excluding carboxylic acids is 1. The van der Waals surface area contributed by atoms with Crippen molar-refractivity contribution in [1.82, 2.24) is 0 Å². The van der Waals surface area contributed by atoms with Crippen LogP contribution in [0.1, 0.15) is 47.5 Å². The van der Waals surface area contributed by atoms with Crippen LogP contribution >= 0.6 is 0 Å². The normalized spacial score (nSPS) is 13.4. The van der Waals surface area contributed by atoms with Gasteiger partial charge in [-0.05, 0) is 26.7 Å². The quantitative estimate of drug-likeness (QED) is 0.703. The van der Waals surface area contributed by atoms with Gasteiger partial charge in [-0.15, -0.1) is 0 Å². The van der Waals surface area contributed by atoms with Crippen LogP contribution in [0, 0.1) is 34.0 Å². The van der Waals surface area contributed by atoms with E-state index < -0.39 is 17.0 Å². The summed E-state index contributed by atoms with van der Waals surface area (Å²) in [5.41, 5.74) is -1.87. The highest BCUT2D eigenvalue weighted by molar-refractivity contribution is 5.72. The lowest BCUT2D eigenvalue weighted by molar-refractivity contribution is -0.156. The Labute approximate surface area is 103 Å². The molecule has 4 heteroatoms. The molecule has 0 aromatic heterocycles. The van der Waals surface area contributed by atoms with E-state index >= 15 is 0 Å². The molecule has 0 aliphatic heterocycles. The third kappa shape index (κ3) is 4.44. The van der Waals surface area contributed by atoms with Crippen molar-refractivity contribution in [2.75, 3.05) is 0 Å². The smallest absolute Gasteiger partial charge is 0.309 e. The van der Waals surface area contributed by atoms with Crippen molar-refractivity contribution < 1.29 is 9.53 Å². The summed E-state index contributed by atoms with van der Waals surface area (Å²) in [4.78, 5) is 11.7. The molecule has 0 N–H and O–H groups in total. The molecule has 94 valence electrons. The highest BCUT2D eigenvalue weighted by atomic mass is 16.6. The summed E-state index contributed by atoms with van der Waals surface area (Å²) >= 11 is 0. The number of esters is 1. The van der Waals surface area contributed by atoms with E-state index in [0.29, 0.717) is 6.42 Å². The van der Waals surface area contributed by atoms with Crippen LogP contribution in [0.2, 0.25) is 0 Å². The summed E-state index contributed by atoms with van der Waals surface area (Å²) in [6, 6.07) is 3.94. The van der Waals surface area contributed by atoms with E-state index in [1.165, 1.54) is 0 Å². The van der Waals surface area contributed by atoms with Crippen molar-refractivity contribution in [3.8, 4) is 12.1 Å². The maximum atomic E-state index is 11.7. The van der Waals surface area contributed by atoms with Crippen LogP contribution in [0.4, 0.5) is 0 Å². The van der Waals surface area contributed by atoms with Crippen molar-refractivity contribution in [3.05, 3.63) is 0 Å². The van der Waals surface area contributed by atoms with E-state index in [0.717, 1.165) is 0 Å². The van der Waals surface area contributed by atoms with Gasteiger partial charge >= 0.3 is 5.97 Å². The molecule has 0 aromatic rings. The Bertz CT molecular complexity index is 341. The zero-order valence-electron chi connectivity index (χ0n) is 11.2. The van der Waals surface area contributed by atoms with Gasteiger partial charge in [-0.1, -0.05) is 20.3 Å². The molecule has 0 radical (unpaired) electrons. The lowest BCUT2D eigenvalue weighted by atomic mass is 9.75. The Kier molecular flexibility index (Phi) is 5.16. The minimum atomic E-state index is -1.28. The third-order valence-corrected chi connectivity index (χ3v) is 2.70. The summed E-state index contributed by atoms with van der Waals surface area (Å²) in [6.07, 6.45) is 0.496. The second-order valence-electron chi connectivity index (χ2n) is 5.27. The van der Waals surface area contributed by atoms with E-state index in [-0.39, 0.29) is 12.3 Å². The molecule has 0 saturated carbocycles. The molecule has 0 aliphatic rings. The Hall–Kier alpha value is -1.55. The average Bonchev–Trinajstić information content (AvgIpc) is 2.22. The van der Waals surface area contributed by atoms with Gasteiger partial charge < -0.3 is 4.74 Å². The lowest BCUT2D eigenvalue weighted by Crippen LogP contribution is -2.32. The molecule has 0 fully saturated rings. The second-order valence-corrected chi connectivity index (χ2v) is 5.27. The van der Waals surface area contributed by atoms with Gasteiger partial charge in [0.2, 0.25) is 0 Å². The minimum Gasteiger partial charge on any atom is -0.460 e. The molecule has 0 saturated heterocycles. The summed E-state index contributed by atoms with van der Waals surface area (Å²) in [5.74, 6) is -0.661. The summed E-state index contributed by atoms with van der Waals surface area (Å²) in [5, 5.41) is 18.3. The monoisotopic (exact) mass is 236 g/mol.